The van der Waals surface area contributed by atoms with E-state index in [1.807, 2.05) is 18.7 Å². The summed E-state index contributed by atoms with van der Waals surface area (Å²) in [6, 6.07) is 0. The molecule has 1 N–H and O–H groups in total. The van der Waals surface area contributed by atoms with Crippen molar-refractivity contribution in [3.05, 3.63) is 15.6 Å². The molecule has 0 saturated carbocycles. The highest BCUT2D eigenvalue weighted by Crippen LogP contribution is 2.20. The summed E-state index contributed by atoms with van der Waals surface area (Å²) in [6.07, 6.45) is 3.35. The number of hydrogen-bond acceptors (Lipinski definition) is 5. The van der Waals surface area contributed by atoms with E-state index < -0.39 is 0 Å². The van der Waals surface area contributed by atoms with Crippen molar-refractivity contribution in [3.8, 4) is 0 Å². The second-order valence-corrected chi connectivity index (χ2v) is 8.67. The average Bonchev–Trinajstić information content (AvgIpc) is 3.19. The van der Waals surface area contributed by atoms with Crippen molar-refractivity contribution < 1.29 is 14.4 Å². The molecular weight excluding hydrogens is 364 g/mol. The predicted molar refractivity (Wildman–Crippen MR) is 103 cm³/mol. The Kier molecular flexibility index (Phi) is 6.46. The predicted octanol–water partition coefficient (Wildman–Crippen LogP) is 1.63. The molecule has 3 rings (SSSR count). The zero-order valence-corrected chi connectivity index (χ0v) is 16.9. The summed E-state index contributed by atoms with van der Waals surface area (Å²) >= 11 is 1.60. The maximum atomic E-state index is 12.5. The van der Waals surface area contributed by atoms with Crippen LogP contribution in [-0.2, 0) is 20.9 Å². The van der Waals surface area contributed by atoms with E-state index in [-0.39, 0.29) is 23.6 Å². The first kappa shape index (κ1) is 19.8. The maximum absolute atomic E-state index is 12.5. The zero-order chi connectivity index (χ0) is 19.4. The molecule has 2 aliphatic heterocycles. The molecule has 2 saturated heterocycles. The third kappa shape index (κ3) is 5.06. The van der Waals surface area contributed by atoms with Crippen LogP contribution in [0.3, 0.4) is 0 Å². The number of likely N-dealkylation sites (tertiary alicyclic amines) is 2. The molecule has 0 radical (unpaired) electrons. The first-order valence-corrected chi connectivity index (χ1v) is 10.5. The molecule has 148 valence electrons. The third-order valence-electron chi connectivity index (χ3n) is 5.39. The number of aryl methyl sites for hydroxylation is 2. The molecule has 0 aliphatic carbocycles. The molecule has 2 aliphatic rings. The molecule has 0 bridgehead atoms. The molecule has 2 fully saturated rings. The molecule has 8 heteroatoms. The van der Waals surface area contributed by atoms with Crippen LogP contribution in [0.2, 0.25) is 0 Å². The number of thiazole rings is 1. The Hall–Kier alpha value is -1.96. The molecule has 3 amide bonds. The van der Waals surface area contributed by atoms with Crippen LogP contribution in [0.15, 0.2) is 0 Å². The van der Waals surface area contributed by atoms with Crippen molar-refractivity contribution in [2.24, 2.45) is 5.92 Å². The zero-order valence-electron chi connectivity index (χ0n) is 16.1. The highest BCUT2D eigenvalue weighted by atomic mass is 32.1. The van der Waals surface area contributed by atoms with Gasteiger partial charge in [-0.15, -0.1) is 11.3 Å². The number of hydrogen-bond donors (Lipinski definition) is 1. The Balaban J connectivity index is 1.44. The SMILES string of the molecule is Cc1nc(CNC(=O)[C@H]2CCC(=O)N(CCCN3CCCC3=O)C2)sc1C. The lowest BCUT2D eigenvalue weighted by Crippen LogP contribution is -2.46. The second kappa shape index (κ2) is 8.82. The lowest BCUT2D eigenvalue weighted by Gasteiger charge is -2.32. The number of nitrogens with one attached hydrogen (secondary N) is 1. The van der Waals surface area contributed by atoms with Crippen LogP contribution in [0, 0.1) is 19.8 Å². The number of carbonyl (C=O) groups excluding carboxylic acids is 3. The molecule has 0 spiro atoms. The van der Waals surface area contributed by atoms with E-state index in [9.17, 15) is 14.4 Å². The monoisotopic (exact) mass is 392 g/mol. The van der Waals surface area contributed by atoms with Crippen LogP contribution in [0.4, 0.5) is 0 Å². The fraction of sp³-hybridized carbons (Fsp3) is 0.684. The van der Waals surface area contributed by atoms with Crippen LogP contribution >= 0.6 is 11.3 Å². The van der Waals surface area contributed by atoms with Gasteiger partial charge >= 0.3 is 0 Å². The van der Waals surface area contributed by atoms with Gasteiger partial charge in [0.25, 0.3) is 0 Å². The van der Waals surface area contributed by atoms with E-state index in [2.05, 4.69) is 10.3 Å². The van der Waals surface area contributed by atoms with E-state index in [1.165, 1.54) is 4.88 Å². The van der Waals surface area contributed by atoms with Gasteiger partial charge in [-0.1, -0.05) is 0 Å². The molecule has 1 aromatic rings. The van der Waals surface area contributed by atoms with Crippen molar-refractivity contribution in [3.63, 3.8) is 0 Å². The Morgan fingerprint density at radius 1 is 1.19 bits per heavy atom. The van der Waals surface area contributed by atoms with Crippen molar-refractivity contribution in [2.75, 3.05) is 26.2 Å². The van der Waals surface area contributed by atoms with E-state index in [1.54, 1.807) is 16.2 Å². The maximum Gasteiger partial charge on any atom is 0.225 e. The Bertz CT molecular complexity index is 698. The van der Waals surface area contributed by atoms with Gasteiger partial charge in [0.2, 0.25) is 17.7 Å². The van der Waals surface area contributed by atoms with Crippen molar-refractivity contribution >= 4 is 29.1 Å². The van der Waals surface area contributed by atoms with Crippen molar-refractivity contribution in [1.29, 1.82) is 0 Å². The summed E-state index contributed by atoms with van der Waals surface area (Å²) in [5.74, 6) is 0.147. The summed E-state index contributed by atoms with van der Waals surface area (Å²) in [6.45, 7) is 7.04. The van der Waals surface area contributed by atoms with Crippen molar-refractivity contribution in [1.82, 2.24) is 20.1 Å². The van der Waals surface area contributed by atoms with Crippen LogP contribution in [0.25, 0.3) is 0 Å². The Morgan fingerprint density at radius 2 is 1.93 bits per heavy atom. The van der Waals surface area contributed by atoms with Crippen LogP contribution < -0.4 is 5.32 Å². The number of nitrogens with zero attached hydrogens (tertiary/aromatic N) is 3. The van der Waals surface area contributed by atoms with Gasteiger partial charge in [-0.05, 0) is 33.1 Å². The highest BCUT2D eigenvalue weighted by molar-refractivity contribution is 7.11. The number of aromatic nitrogens is 1. The van der Waals surface area contributed by atoms with Gasteiger partial charge in [0.15, 0.2) is 0 Å². The van der Waals surface area contributed by atoms with Gasteiger partial charge in [-0.25, -0.2) is 4.98 Å². The minimum absolute atomic E-state index is 0.00673. The lowest BCUT2D eigenvalue weighted by atomic mass is 9.96. The average molecular weight is 393 g/mol. The molecule has 0 aromatic carbocycles. The first-order chi connectivity index (χ1) is 12.9. The van der Waals surface area contributed by atoms with E-state index in [4.69, 9.17) is 0 Å². The normalized spacial score (nSPS) is 20.4. The minimum Gasteiger partial charge on any atom is -0.349 e. The summed E-state index contributed by atoms with van der Waals surface area (Å²) in [7, 11) is 0. The van der Waals surface area contributed by atoms with Gasteiger partial charge in [0.1, 0.15) is 5.01 Å². The number of piperidine rings is 1. The molecular formula is C19H28N4O3S. The van der Waals surface area contributed by atoms with Gasteiger partial charge < -0.3 is 15.1 Å². The van der Waals surface area contributed by atoms with Gasteiger partial charge in [0.05, 0.1) is 18.2 Å². The highest BCUT2D eigenvalue weighted by Gasteiger charge is 2.30. The smallest absolute Gasteiger partial charge is 0.225 e. The Labute approximate surface area is 164 Å². The largest absolute Gasteiger partial charge is 0.349 e. The Morgan fingerprint density at radius 3 is 2.59 bits per heavy atom. The van der Waals surface area contributed by atoms with E-state index >= 15 is 0 Å². The standard InChI is InChI=1S/C19H28N4O3S/c1-13-14(2)27-16(21-13)11-20-19(26)15-6-7-18(25)23(12-15)10-4-9-22-8-3-5-17(22)24/h15H,3-12H2,1-2H3,(H,20,26)/t15-/m0/s1. The fourth-order valence-corrected chi connectivity index (χ4v) is 4.53. The number of amides is 3. The quantitative estimate of drug-likeness (QED) is 0.765. The third-order valence-corrected chi connectivity index (χ3v) is 6.46. The number of rotatable bonds is 7. The van der Waals surface area contributed by atoms with Gasteiger partial charge in [0, 0.05) is 43.9 Å². The summed E-state index contributed by atoms with van der Waals surface area (Å²) in [4.78, 5) is 45.6. The van der Waals surface area contributed by atoms with Crippen LogP contribution in [0.5, 0.6) is 0 Å². The topological polar surface area (TPSA) is 82.6 Å². The molecule has 1 atom stereocenters. The molecule has 7 nitrogen and oxygen atoms in total. The van der Waals surface area contributed by atoms with Crippen LogP contribution in [0.1, 0.15) is 47.7 Å². The summed E-state index contributed by atoms with van der Waals surface area (Å²) < 4.78 is 0. The van der Waals surface area contributed by atoms with Crippen LogP contribution in [-0.4, -0.2) is 58.7 Å². The summed E-state index contributed by atoms with van der Waals surface area (Å²) in [5.41, 5.74) is 1.01. The van der Waals surface area contributed by atoms with E-state index in [0.29, 0.717) is 45.4 Å². The van der Waals surface area contributed by atoms with Crippen molar-refractivity contribution in [2.45, 2.75) is 52.5 Å². The number of carbonyl (C=O) groups is 3. The van der Waals surface area contributed by atoms with E-state index in [0.717, 1.165) is 30.1 Å². The molecule has 3 heterocycles. The summed E-state index contributed by atoms with van der Waals surface area (Å²) in [5, 5.41) is 3.88. The molecule has 0 unspecified atom stereocenters. The fourth-order valence-electron chi connectivity index (χ4n) is 3.66. The molecule has 1 aromatic heterocycles. The second-order valence-electron chi connectivity index (χ2n) is 7.38. The minimum atomic E-state index is -0.168. The molecule has 27 heavy (non-hydrogen) atoms. The first-order valence-electron chi connectivity index (χ1n) is 9.70. The van der Waals surface area contributed by atoms with Gasteiger partial charge in [-0.2, -0.15) is 0 Å². The lowest BCUT2D eigenvalue weighted by molar-refractivity contribution is -0.138. The van der Waals surface area contributed by atoms with Gasteiger partial charge in [-0.3, -0.25) is 14.4 Å².